The summed E-state index contributed by atoms with van der Waals surface area (Å²) in [4.78, 5) is 9.10. The molecule has 1 heterocycles. The fourth-order valence-electron chi connectivity index (χ4n) is 2.41. The molecular formula is C16H30N4. The van der Waals surface area contributed by atoms with Crippen LogP contribution in [0.25, 0.3) is 0 Å². The zero-order valence-corrected chi connectivity index (χ0v) is 14.0. The number of nitrogens with zero attached hydrogens (tertiary/aromatic N) is 2. The Balaban J connectivity index is 2.83. The molecule has 0 aliphatic rings. The molecule has 0 spiro atoms. The molecule has 20 heavy (non-hydrogen) atoms. The maximum Gasteiger partial charge on any atom is 0.135 e. The Morgan fingerprint density at radius 1 is 0.950 bits per heavy atom. The van der Waals surface area contributed by atoms with Crippen LogP contribution in [-0.4, -0.2) is 23.6 Å². The van der Waals surface area contributed by atoms with Crippen molar-refractivity contribution in [2.24, 2.45) is 17.8 Å². The first-order valence-corrected chi connectivity index (χ1v) is 7.65. The van der Waals surface area contributed by atoms with Crippen LogP contribution < -0.4 is 10.6 Å². The first-order valence-electron chi connectivity index (χ1n) is 7.65. The molecule has 4 heteroatoms. The van der Waals surface area contributed by atoms with Gasteiger partial charge >= 0.3 is 0 Å². The lowest BCUT2D eigenvalue weighted by molar-refractivity contribution is 0.304. The van der Waals surface area contributed by atoms with Gasteiger partial charge in [-0.05, 0) is 17.8 Å². The summed E-state index contributed by atoms with van der Waals surface area (Å²) in [7, 11) is 1.89. The average Bonchev–Trinajstić information content (AvgIpc) is 2.37. The molecule has 0 saturated heterocycles. The molecule has 0 fully saturated rings. The van der Waals surface area contributed by atoms with Gasteiger partial charge in [0.1, 0.15) is 17.5 Å². The summed E-state index contributed by atoms with van der Waals surface area (Å²) >= 11 is 0. The van der Waals surface area contributed by atoms with E-state index in [0.717, 1.165) is 24.0 Å². The molecule has 1 rings (SSSR count). The topological polar surface area (TPSA) is 49.8 Å². The molecule has 4 nitrogen and oxygen atoms in total. The zero-order chi connectivity index (χ0) is 15.3. The van der Waals surface area contributed by atoms with Crippen LogP contribution in [0.5, 0.6) is 0 Å². The van der Waals surface area contributed by atoms with Gasteiger partial charge in [-0.2, -0.15) is 0 Å². The lowest BCUT2D eigenvalue weighted by atomic mass is 9.85. The van der Waals surface area contributed by atoms with Crippen molar-refractivity contribution in [2.45, 2.75) is 47.5 Å². The standard InChI is InChI=1S/C16H30N4/c1-10(2)13(11(3)4)9-18-15-8-14(17-7)19-16(20-15)12(5)6/h8,10-13H,9H2,1-7H3,(H2,17,18,19,20). The normalized spacial score (nSPS) is 11.8. The zero-order valence-electron chi connectivity index (χ0n) is 14.0. The Hall–Kier alpha value is -1.32. The minimum atomic E-state index is 0.329. The molecule has 0 amide bonds. The van der Waals surface area contributed by atoms with Gasteiger partial charge in [0.15, 0.2) is 0 Å². The highest BCUT2D eigenvalue weighted by Crippen LogP contribution is 2.22. The molecule has 0 aliphatic carbocycles. The third-order valence-corrected chi connectivity index (χ3v) is 3.75. The Kier molecular flexibility index (Phi) is 6.24. The van der Waals surface area contributed by atoms with Crippen LogP contribution >= 0.6 is 0 Å². The molecule has 0 bridgehead atoms. The van der Waals surface area contributed by atoms with Gasteiger partial charge in [-0.15, -0.1) is 0 Å². The highest BCUT2D eigenvalue weighted by molar-refractivity contribution is 5.47. The summed E-state index contributed by atoms with van der Waals surface area (Å²) in [5, 5.41) is 6.59. The maximum atomic E-state index is 4.61. The lowest BCUT2D eigenvalue weighted by Crippen LogP contribution is -2.25. The minimum absolute atomic E-state index is 0.329. The van der Waals surface area contributed by atoms with E-state index in [2.05, 4.69) is 62.1 Å². The number of aromatic nitrogens is 2. The average molecular weight is 278 g/mol. The molecular weight excluding hydrogens is 248 g/mol. The Morgan fingerprint density at radius 2 is 1.50 bits per heavy atom. The lowest BCUT2D eigenvalue weighted by Gasteiger charge is -2.25. The second-order valence-corrected chi connectivity index (χ2v) is 6.43. The van der Waals surface area contributed by atoms with E-state index in [0.29, 0.717) is 23.7 Å². The van der Waals surface area contributed by atoms with E-state index in [1.54, 1.807) is 0 Å². The van der Waals surface area contributed by atoms with E-state index in [-0.39, 0.29) is 0 Å². The SMILES string of the molecule is CNc1cc(NCC(C(C)C)C(C)C)nc(C(C)C)n1. The summed E-state index contributed by atoms with van der Waals surface area (Å²) in [6, 6.07) is 1.98. The predicted octanol–water partition coefficient (Wildman–Crippen LogP) is 3.98. The van der Waals surface area contributed by atoms with Crippen LogP contribution in [0.2, 0.25) is 0 Å². The minimum Gasteiger partial charge on any atom is -0.373 e. The van der Waals surface area contributed by atoms with Gasteiger partial charge in [0.05, 0.1) is 0 Å². The number of hydrogen-bond acceptors (Lipinski definition) is 4. The van der Waals surface area contributed by atoms with E-state index in [1.165, 1.54) is 0 Å². The highest BCUT2D eigenvalue weighted by atomic mass is 15.1. The Bertz CT molecular complexity index is 405. The molecule has 0 saturated carbocycles. The van der Waals surface area contributed by atoms with Gasteiger partial charge in [0, 0.05) is 25.6 Å². The Labute approximate surface area is 123 Å². The molecule has 1 aromatic heterocycles. The van der Waals surface area contributed by atoms with E-state index < -0.39 is 0 Å². The van der Waals surface area contributed by atoms with Crippen LogP contribution in [0.15, 0.2) is 6.07 Å². The van der Waals surface area contributed by atoms with Crippen molar-refractivity contribution in [3.8, 4) is 0 Å². The van der Waals surface area contributed by atoms with Gasteiger partial charge in [-0.1, -0.05) is 41.5 Å². The largest absolute Gasteiger partial charge is 0.373 e. The molecule has 0 aliphatic heterocycles. The number of anilines is 2. The predicted molar refractivity (Wildman–Crippen MR) is 87.3 cm³/mol. The molecule has 114 valence electrons. The van der Waals surface area contributed by atoms with Gasteiger partial charge in [0.2, 0.25) is 0 Å². The van der Waals surface area contributed by atoms with Crippen molar-refractivity contribution < 1.29 is 0 Å². The first kappa shape index (κ1) is 16.7. The van der Waals surface area contributed by atoms with Crippen molar-refractivity contribution in [3.63, 3.8) is 0 Å². The van der Waals surface area contributed by atoms with E-state index in [1.807, 2.05) is 13.1 Å². The van der Waals surface area contributed by atoms with Gasteiger partial charge in [0.25, 0.3) is 0 Å². The maximum absolute atomic E-state index is 4.61. The quantitative estimate of drug-likeness (QED) is 0.792. The van der Waals surface area contributed by atoms with Crippen molar-refractivity contribution in [3.05, 3.63) is 11.9 Å². The summed E-state index contributed by atoms with van der Waals surface area (Å²) < 4.78 is 0. The van der Waals surface area contributed by atoms with Crippen LogP contribution in [0, 0.1) is 17.8 Å². The molecule has 1 aromatic rings. The number of hydrogen-bond donors (Lipinski definition) is 2. The van der Waals surface area contributed by atoms with Crippen LogP contribution in [0.4, 0.5) is 11.6 Å². The summed E-state index contributed by atoms with van der Waals surface area (Å²) in [5.41, 5.74) is 0. The van der Waals surface area contributed by atoms with E-state index in [9.17, 15) is 0 Å². The van der Waals surface area contributed by atoms with Crippen LogP contribution in [-0.2, 0) is 0 Å². The second kappa shape index (κ2) is 7.46. The van der Waals surface area contributed by atoms with E-state index in [4.69, 9.17) is 0 Å². The molecule has 0 aromatic carbocycles. The van der Waals surface area contributed by atoms with Crippen molar-refractivity contribution in [1.29, 1.82) is 0 Å². The number of rotatable bonds is 7. The smallest absolute Gasteiger partial charge is 0.135 e. The van der Waals surface area contributed by atoms with Crippen LogP contribution in [0.3, 0.4) is 0 Å². The molecule has 0 radical (unpaired) electrons. The van der Waals surface area contributed by atoms with Crippen molar-refractivity contribution in [2.75, 3.05) is 24.2 Å². The Morgan fingerprint density at radius 3 is 1.95 bits per heavy atom. The van der Waals surface area contributed by atoms with Crippen molar-refractivity contribution >= 4 is 11.6 Å². The molecule has 0 unspecified atom stereocenters. The summed E-state index contributed by atoms with van der Waals surface area (Å²) in [5.74, 6) is 4.97. The fourth-order valence-corrected chi connectivity index (χ4v) is 2.41. The monoisotopic (exact) mass is 278 g/mol. The highest BCUT2D eigenvalue weighted by Gasteiger charge is 2.17. The molecule has 2 N–H and O–H groups in total. The summed E-state index contributed by atoms with van der Waals surface area (Å²) in [6.07, 6.45) is 0. The third kappa shape index (κ3) is 4.66. The van der Waals surface area contributed by atoms with Crippen LogP contribution in [0.1, 0.15) is 53.3 Å². The number of nitrogens with one attached hydrogen (secondary N) is 2. The molecule has 0 atom stereocenters. The first-order chi connectivity index (χ1) is 9.35. The van der Waals surface area contributed by atoms with Crippen molar-refractivity contribution in [1.82, 2.24) is 9.97 Å². The second-order valence-electron chi connectivity index (χ2n) is 6.43. The van der Waals surface area contributed by atoms with Gasteiger partial charge < -0.3 is 10.6 Å². The summed E-state index contributed by atoms with van der Waals surface area (Å²) in [6.45, 7) is 14.3. The van der Waals surface area contributed by atoms with Gasteiger partial charge in [-0.25, -0.2) is 9.97 Å². The van der Waals surface area contributed by atoms with E-state index >= 15 is 0 Å². The fraction of sp³-hybridized carbons (Fsp3) is 0.750. The third-order valence-electron chi connectivity index (χ3n) is 3.75. The van der Waals surface area contributed by atoms with Gasteiger partial charge in [-0.3, -0.25) is 0 Å².